The van der Waals surface area contributed by atoms with Gasteiger partial charge in [0.2, 0.25) is 0 Å². The smallest absolute Gasteiger partial charge is 0.178 e. The molecule has 17 heavy (non-hydrogen) atoms. The Kier molecular flexibility index (Phi) is 3.52. The van der Waals surface area contributed by atoms with Gasteiger partial charge in [-0.1, -0.05) is 13.8 Å². The first kappa shape index (κ1) is 12.2. The van der Waals surface area contributed by atoms with E-state index >= 15 is 0 Å². The van der Waals surface area contributed by atoms with E-state index in [9.17, 15) is 0 Å². The summed E-state index contributed by atoms with van der Waals surface area (Å²) < 4.78 is 8.18. The average molecular weight is 250 g/mol. The second-order valence-electron chi connectivity index (χ2n) is 4.65. The van der Waals surface area contributed by atoms with Gasteiger partial charge in [0.15, 0.2) is 4.77 Å². The molecule has 0 spiro atoms. The molecular formula is C13H18N2OS. The number of nitrogens with zero attached hydrogens (tertiary/aromatic N) is 1. The number of aromatic nitrogens is 2. The number of ether oxygens (including phenoxy) is 1. The van der Waals surface area contributed by atoms with Gasteiger partial charge in [0, 0.05) is 12.6 Å². The average Bonchev–Trinajstić information content (AvgIpc) is 2.61. The van der Waals surface area contributed by atoms with Gasteiger partial charge >= 0.3 is 0 Å². The number of rotatable bonds is 4. The maximum atomic E-state index is 5.35. The van der Waals surface area contributed by atoms with Crippen molar-refractivity contribution in [2.45, 2.75) is 26.8 Å². The fourth-order valence-corrected chi connectivity index (χ4v) is 2.17. The first-order chi connectivity index (χ1) is 8.11. The van der Waals surface area contributed by atoms with Crippen LogP contribution in [0.2, 0.25) is 0 Å². The van der Waals surface area contributed by atoms with E-state index in [0.717, 1.165) is 34.5 Å². The molecule has 0 bridgehead atoms. The van der Waals surface area contributed by atoms with Crippen molar-refractivity contribution in [3.63, 3.8) is 0 Å². The van der Waals surface area contributed by atoms with Crippen LogP contribution in [-0.4, -0.2) is 16.7 Å². The molecule has 0 aliphatic rings. The normalized spacial score (nSPS) is 11.3. The summed E-state index contributed by atoms with van der Waals surface area (Å²) >= 11 is 5.35. The van der Waals surface area contributed by atoms with Crippen LogP contribution in [0.15, 0.2) is 18.2 Å². The Morgan fingerprint density at radius 3 is 2.82 bits per heavy atom. The zero-order valence-electron chi connectivity index (χ0n) is 10.5. The molecule has 92 valence electrons. The molecule has 0 saturated carbocycles. The zero-order valence-corrected chi connectivity index (χ0v) is 11.3. The molecule has 1 aromatic heterocycles. The first-order valence-corrected chi connectivity index (χ1v) is 6.29. The van der Waals surface area contributed by atoms with Gasteiger partial charge in [0.1, 0.15) is 5.75 Å². The van der Waals surface area contributed by atoms with Crippen LogP contribution in [0.5, 0.6) is 5.75 Å². The summed E-state index contributed by atoms with van der Waals surface area (Å²) in [6, 6.07) is 5.98. The molecule has 0 aliphatic heterocycles. The van der Waals surface area contributed by atoms with Crippen LogP contribution in [0.1, 0.15) is 20.3 Å². The van der Waals surface area contributed by atoms with Crippen LogP contribution in [0.4, 0.5) is 0 Å². The van der Waals surface area contributed by atoms with E-state index in [0.29, 0.717) is 5.92 Å². The Hall–Kier alpha value is -1.29. The minimum absolute atomic E-state index is 0.674. The van der Waals surface area contributed by atoms with Crippen molar-refractivity contribution in [3.8, 4) is 5.75 Å². The fourth-order valence-electron chi connectivity index (χ4n) is 1.87. The minimum Gasteiger partial charge on any atom is -0.497 e. The molecule has 0 radical (unpaired) electrons. The molecule has 0 atom stereocenters. The number of H-pyrrole nitrogens is 1. The van der Waals surface area contributed by atoms with Gasteiger partial charge in [-0.25, -0.2) is 0 Å². The number of aromatic amines is 1. The van der Waals surface area contributed by atoms with Gasteiger partial charge < -0.3 is 14.3 Å². The molecule has 0 fully saturated rings. The number of hydrogen-bond donors (Lipinski definition) is 1. The summed E-state index contributed by atoms with van der Waals surface area (Å²) in [4.78, 5) is 3.22. The van der Waals surface area contributed by atoms with E-state index in [1.165, 1.54) is 0 Å². The number of nitrogens with one attached hydrogen (secondary N) is 1. The molecule has 2 aromatic rings. The number of methoxy groups -OCH3 is 1. The summed E-state index contributed by atoms with van der Waals surface area (Å²) in [5, 5.41) is 0. The molecule has 0 saturated heterocycles. The molecule has 0 aliphatic carbocycles. The lowest BCUT2D eigenvalue weighted by Crippen LogP contribution is -2.01. The molecule has 1 N–H and O–H groups in total. The van der Waals surface area contributed by atoms with E-state index in [1.807, 2.05) is 18.2 Å². The Morgan fingerprint density at radius 1 is 1.41 bits per heavy atom. The first-order valence-electron chi connectivity index (χ1n) is 5.88. The summed E-state index contributed by atoms with van der Waals surface area (Å²) in [6.07, 6.45) is 1.12. The Labute approximate surface area is 106 Å². The lowest BCUT2D eigenvalue weighted by atomic mass is 10.1. The van der Waals surface area contributed by atoms with Crippen LogP contribution < -0.4 is 4.74 Å². The van der Waals surface area contributed by atoms with Crippen LogP contribution in [0, 0.1) is 10.7 Å². The van der Waals surface area contributed by atoms with Crippen molar-refractivity contribution >= 4 is 23.3 Å². The monoisotopic (exact) mass is 250 g/mol. The highest BCUT2D eigenvalue weighted by atomic mass is 32.1. The molecule has 0 amide bonds. The number of fused-ring (bicyclic) bond motifs is 1. The lowest BCUT2D eigenvalue weighted by Gasteiger charge is -2.07. The molecule has 2 rings (SSSR count). The van der Waals surface area contributed by atoms with Gasteiger partial charge in [-0.05, 0) is 36.7 Å². The SMILES string of the molecule is COc1ccc2[nH]c(=S)n(CCC(C)C)c2c1. The van der Waals surface area contributed by atoms with Gasteiger partial charge in [-0.2, -0.15) is 0 Å². The van der Waals surface area contributed by atoms with Crippen molar-refractivity contribution < 1.29 is 4.74 Å². The van der Waals surface area contributed by atoms with Gasteiger partial charge in [0.05, 0.1) is 18.1 Å². The van der Waals surface area contributed by atoms with E-state index in [4.69, 9.17) is 17.0 Å². The quantitative estimate of drug-likeness (QED) is 0.837. The number of hydrogen-bond acceptors (Lipinski definition) is 2. The Bertz CT molecular complexity index is 568. The molecule has 1 heterocycles. The van der Waals surface area contributed by atoms with Gasteiger partial charge in [-0.15, -0.1) is 0 Å². The zero-order chi connectivity index (χ0) is 12.4. The maximum Gasteiger partial charge on any atom is 0.178 e. The topological polar surface area (TPSA) is 29.9 Å². The van der Waals surface area contributed by atoms with Crippen LogP contribution in [0.3, 0.4) is 0 Å². The highest BCUT2D eigenvalue weighted by molar-refractivity contribution is 7.71. The largest absolute Gasteiger partial charge is 0.497 e. The van der Waals surface area contributed by atoms with Gasteiger partial charge in [0.25, 0.3) is 0 Å². The number of imidazole rings is 1. The number of aryl methyl sites for hydroxylation is 1. The predicted molar refractivity (Wildman–Crippen MR) is 73.1 cm³/mol. The van der Waals surface area contributed by atoms with E-state index < -0.39 is 0 Å². The standard InChI is InChI=1S/C13H18N2OS/c1-9(2)6-7-15-12-8-10(16-3)4-5-11(12)14-13(15)17/h4-5,8-9H,6-7H2,1-3H3,(H,14,17). The van der Waals surface area contributed by atoms with Crippen molar-refractivity contribution in [2.75, 3.05) is 7.11 Å². The van der Waals surface area contributed by atoms with Crippen molar-refractivity contribution in [2.24, 2.45) is 5.92 Å². The molecular weight excluding hydrogens is 232 g/mol. The minimum atomic E-state index is 0.674. The van der Waals surface area contributed by atoms with Crippen molar-refractivity contribution in [1.29, 1.82) is 0 Å². The molecule has 1 aromatic carbocycles. The van der Waals surface area contributed by atoms with Crippen molar-refractivity contribution in [3.05, 3.63) is 23.0 Å². The second-order valence-corrected chi connectivity index (χ2v) is 5.03. The predicted octanol–water partition coefficient (Wildman–Crippen LogP) is 3.75. The summed E-state index contributed by atoms with van der Waals surface area (Å²) in [5.41, 5.74) is 2.19. The van der Waals surface area contributed by atoms with Crippen LogP contribution >= 0.6 is 12.2 Å². The van der Waals surface area contributed by atoms with Gasteiger partial charge in [-0.3, -0.25) is 0 Å². The highest BCUT2D eigenvalue weighted by Gasteiger charge is 2.06. The molecule has 4 heteroatoms. The fraction of sp³-hybridized carbons (Fsp3) is 0.462. The third-order valence-corrected chi connectivity index (χ3v) is 3.23. The third kappa shape index (κ3) is 2.52. The van der Waals surface area contributed by atoms with E-state index in [-0.39, 0.29) is 0 Å². The molecule has 3 nitrogen and oxygen atoms in total. The summed E-state index contributed by atoms with van der Waals surface area (Å²) in [7, 11) is 1.68. The lowest BCUT2D eigenvalue weighted by molar-refractivity contribution is 0.415. The summed E-state index contributed by atoms with van der Waals surface area (Å²) in [5.74, 6) is 1.54. The Morgan fingerprint density at radius 2 is 2.18 bits per heavy atom. The summed E-state index contributed by atoms with van der Waals surface area (Å²) in [6.45, 7) is 5.39. The molecule has 0 unspecified atom stereocenters. The Balaban J connectivity index is 2.45. The number of benzene rings is 1. The maximum absolute atomic E-state index is 5.35. The van der Waals surface area contributed by atoms with Crippen LogP contribution in [-0.2, 0) is 6.54 Å². The van der Waals surface area contributed by atoms with Crippen molar-refractivity contribution in [1.82, 2.24) is 9.55 Å². The van der Waals surface area contributed by atoms with Crippen LogP contribution in [0.25, 0.3) is 11.0 Å². The second kappa shape index (κ2) is 4.92. The van der Waals surface area contributed by atoms with E-state index in [2.05, 4.69) is 23.4 Å². The third-order valence-electron chi connectivity index (χ3n) is 2.91. The highest BCUT2D eigenvalue weighted by Crippen LogP contribution is 2.21. The van der Waals surface area contributed by atoms with E-state index in [1.54, 1.807) is 7.11 Å².